The Morgan fingerprint density at radius 3 is 0.619 bits per heavy atom. The van der Waals surface area contributed by atoms with E-state index in [0.29, 0.717) is 39.6 Å². The van der Waals surface area contributed by atoms with Gasteiger partial charge < -0.3 is 31.9 Å². The third kappa shape index (κ3) is 51.8. The van der Waals surface area contributed by atoms with Crippen molar-refractivity contribution in [3.05, 3.63) is 0 Å². The quantitative estimate of drug-likeness (QED) is 0.0445. The minimum Gasteiger partial charge on any atom is -0.376 e. The second-order valence-corrected chi connectivity index (χ2v) is 21.2. The van der Waals surface area contributed by atoms with Crippen LogP contribution >= 0.6 is 17.2 Å². The molecule has 0 aromatic heterocycles. The lowest BCUT2D eigenvalue weighted by Gasteiger charge is -2.23. The van der Waals surface area contributed by atoms with Crippen molar-refractivity contribution in [2.75, 3.05) is 39.6 Å². The highest BCUT2D eigenvalue weighted by atomic mass is 31.2. The Hall–Kier alpha value is 0.580. The summed E-state index contributed by atoms with van der Waals surface area (Å²) in [6.07, 6.45) is 52.3. The third-order valence-corrected chi connectivity index (χ3v) is 14.7. The molecule has 0 aromatic carbocycles. The summed E-state index contributed by atoms with van der Waals surface area (Å²) < 4.78 is 43.9. The number of unbranched alkanes of at least 4 members (excludes halogenated alkanes) is 36. The minimum atomic E-state index is -1.40. The molecule has 0 N–H and O–H groups in total. The Bertz CT molecular complexity index is 711. The third-order valence-electron chi connectivity index (χ3n) is 12.0. The summed E-state index contributed by atoms with van der Waals surface area (Å²) in [5.41, 5.74) is 0. The van der Waals surface area contributed by atoms with E-state index in [1.54, 1.807) is 0 Å². The second-order valence-electron chi connectivity index (χ2n) is 18.9. The van der Waals surface area contributed by atoms with Crippen molar-refractivity contribution in [2.45, 2.75) is 311 Å². The van der Waals surface area contributed by atoms with Crippen molar-refractivity contribution >= 4 is 17.2 Å². The van der Waals surface area contributed by atoms with Gasteiger partial charge in [-0.3, -0.25) is 0 Å². The fourth-order valence-corrected chi connectivity index (χ4v) is 10.1. The molecule has 0 rings (SSSR count). The van der Waals surface area contributed by atoms with Crippen LogP contribution in [0.25, 0.3) is 0 Å². The van der Waals surface area contributed by atoms with Gasteiger partial charge in [0.2, 0.25) is 0 Å². The molecule has 63 heavy (non-hydrogen) atoms. The van der Waals surface area contributed by atoms with E-state index in [-0.39, 0.29) is 12.2 Å². The standard InChI is InChI=1S/C54H112O7P2/c1-7-11-15-19-23-27-31-35-39-43-47-56-62(57-48-44-40-36-32-28-24-20-16-12-8-2)60-53(5)51-55-52-54(6)61-63(58-49-45-41-37-33-29-25-21-17-13-9-3)59-50-46-42-38-34-30-26-22-18-14-10-4/h53-54H,7-52H2,1-6H3. The summed E-state index contributed by atoms with van der Waals surface area (Å²) in [6, 6.07) is 0. The predicted octanol–water partition coefficient (Wildman–Crippen LogP) is 20.0. The first-order valence-corrected chi connectivity index (χ1v) is 30.3. The van der Waals surface area contributed by atoms with Crippen LogP contribution in [0.4, 0.5) is 0 Å². The van der Waals surface area contributed by atoms with Crippen LogP contribution in [0, 0.1) is 0 Å². The molecule has 9 heteroatoms. The molecule has 0 spiro atoms. The zero-order chi connectivity index (χ0) is 45.8. The molecule has 0 bridgehead atoms. The van der Waals surface area contributed by atoms with Gasteiger partial charge in [-0.25, -0.2) is 0 Å². The zero-order valence-corrected chi connectivity index (χ0v) is 45.2. The van der Waals surface area contributed by atoms with Crippen LogP contribution in [0.1, 0.15) is 298 Å². The second kappa shape index (κ2) is 55.2. The number of ether oxygens (including phenoxy) is 1. The van der Waals surface area contributed by atoms with Crippen LogP contribution in [0.2, 0.25) is 0 Å². The Morgan fingerprint density at radius 1 is 0.254 bits per heavy atom. The normalized spacial score (nSPS) is 13.0. The largest absolute Gasteiger partial charge is 0.376 e. The summed E-state index contributed by atoms with van der Waals surface area (Å²) in [5, 5.41) is 0. The predicted molar refractivity (Wildman–Crippen MR) is 277 cm³/mol. The van der Waals surface area contributed by atoms with E-state index in [2.05, 4.69) is 41.5 Å². The van der Waals surface area contributed by atoms with E-state index in [1.165, 1.54) is 231 Å². The molecule has 7 nitrogen and oxygen atoms in total. The first kappa shape index (κ1) is 63.6. The summed E-state index contributed by atoms with van der Waals surface area (Å²) >= 11 is 0. The lowest BCUT2D eigenvalue weighted by atomic mass is 10.1. The maximum atomic E-state index is 6.35. The molecule has 0 heterocycles. The van der Waals surface area contributed by atoms with Crippen molar-refractivity contribution in [1.29, 1.82) is 0 Å². The Balaban J connectivity index is 4.72. The van der Waals surface area contributed by atoms with Gasteiger partial charge in [-0.1, -0.05) is 259 Å². The molecule has 0 aliphatic rings. The molecule has 0 fully saturated rings. The molecular formula is C54H112O7P2. The minimum absolute atomic E-state index is 0.134. The highest BCUT2D eigenvalue weighted by molar-refractivity contribution is 7.42. The molecule has 0 aliphatic carbocycles. The van der Waals surface area contributed by atoms with Gasteiger partial charge in [-0.2, -0.15) is 0 Å². The van der Waals surface area contributed by atoms with Crippen molar-refractivity contribution in [3.8, 4) is 0 Å². The van der Waals surface area contributed by atoms with E-state index in [9.17, 15) is 0 Å². The van der Waals surface area contributed by atoms with Gasteiger partial charge in [0.15, 0.2) is 0 Å². The fourth-order valence-electron chi connectivity index (χ4n) is 7.87. The monoisotopic (exact) mass is 935 g/mol. The summed E-state index contributed by atoms with van der Waals surface area (Å²) in [4.78, 5) is 0. The van der Waals surface area contributed by atoms with Gasteiger partial charge >= 0.3 is 17.2 Å². The van der Waals surface area contributed by atoms with E-state index in [0.717, 1.165) is 25.7 Å². The fraction of sp³-hybridized carbons (Fsp3) is 1.00. The Morgan fingerprint density at radius 2 is 0.429 bits per heavy atom. The average molecular weight is 935 g/mol. The summed E-state index contributed by atoms with van der Waals surface area (Å²) in [5.74, 6) is 0. The molecule has 0 radical (unpaired) electrons. The molecule has 0 aromatic rings. The average Bonchev–Trinajstić information content (AvgIpc) is 3.28. The molecule has 2 atom stereocenters. The van der Waals surface area contributed by atoms with Crippen LogP contribution in [0.5, 0.6) is 0 Å². The van der Waals surface area contributed by atoms with Crippen LogP contribution in [-0.4, -0.2) is 51.8 Å². The van der Waals surface area contributed by atoms with Crippen LogP contribution in [-0.2, 0) is 31.9 Å². The van der Waals surface area contributed by atoms with Gasteiger partial charge in [0.25, 0.3) is 0 Å². The summed E-state index contributed by atoms with van der Waals surface area (Å²) in [6.45, 7) is 17.0. The molecule has 0 aliphatic heterocycles. The zero-order valence-electron chi connectivity index (χ0n) is 43.4. The topological polar surface area (TPSA) is 64.6 Å². The SMILES string of the molecule is CCCCCCCCCCCCOP(OCCCCCCCCCCCC)OC(C)COCC(C)OP(OCCCCCCCCCCCC)OCCCCCCCCCCCC. The smallest absolute Gasteiger partial charge is 0.332 e. The molecule has 380 valence electrons. The maximum Gasteiger partial charge on any atom is 0.332 e. The van der Waals surface area contributed by atoms with Crippen LogP contribution in [0.15, 0.2) is 0 Å². The van der Waals surface area contributed by atoms with Gasteiger partial charge in [-0.15, -0.1) is 0 Å². The summed E-state index contributed by atoms with van der Waals surface area (Å²) in [7, 11) is -2.80. The first-order chi connectivity index (χ1) is 31.1. The highest BCUT2D eigenvalue weighted by Gasteiger charge is 2.20. The molecule has 0 saturated carbocycles. The van der Waals surface area contributed by atoms with Gasteiger partial charge in [-0.05, 0) is 39.5 Å². The van der Waals surface area contributed by atoms with Crippen molar-refractivity contribution in [1.82, 2.24) is 0 Å². The number of hydrogen-bond acceptors (Lipinski definition) is 7. The van der Waals surface area contributed by atoms with Crippen LogP contribution in [0.3, 0.4) is 0 Å². The Kier molecular flexibility index (Phi) is 55.7. The molecule has 0 amide bonds. The van der Waals surface area contributed by atoms with E-state index < -0.39 is 17.2 Å². The van der Waals surface area contributed by atoms with Gasteiger partial charge in [0.1, 0.15) is 0 Å². The molecule has 2 unspecified atom stereocenters. The number of rotatable bonds is 56. The first-order valence-electron chi connectivity index (χ1n) is 28.1. The van der Waals surface area contributed by atoms with E-state index in [4.69, 9.17) is 31.9 Å². The van der Waals surface area contributed by atoms with Gasteiger partial charge in [0, 0.05) is 0 Å². The van der Waals surface area contributed by atoms with E-state index in [1.807, 2.05) is 0 Å². The van der Waals surface area contributed by atoms with Crippen molar-refractivity contribution < 1.29 is 31.9 Å². The maximum absolute atomic E-state index is 6.35. The Labute approximate surface area is 397 Å². The van der Waals surface area contributed by atoms with Crippen molar-refractivity contribution in [3.63, 3.8) is 0 Å². The van der Waals surface area contributed by atoms with Crippen molar-refractivity contribution in [2.24, 2.45) is 0 Å². The lowest BCUT2D eigenvalue weighted by molar-refractivity contribution is 0.00347. The van der Waals surface area contributed by atoms with Gasteiger partial charge in [0.05, 0.1) is 51.8 Å². The lowest BCUT2D eigenvalue weighted by Crippen LogP contribution is -2.21. The van der Waals surface area contributed by atoms with Crippen LogP contribution < -0.4 is 0 Å². The molecule has 0 saturated heterocycles. The molecular weight excluding hydrogens is 823 g/mol. The van der Waals surface area contributed by atoms with E-state index >= 15 is 0 Å². The highest BCUT2D eigenvalue weighted by Crippen LogP contribution is 2.43. The number of hydrogen-bond donors (Lipinski definition) is 0.